The molecule has 0 radical (unpaired) electrons. The van der Waals surface area contributed by atoms with Crippen molar-refractivity contribution in [1.29, 1.82) is 0 Å². The molecule has 0 amide bonds. The van der Waals surface area contributed by atoms with Crippen molar-refractivity contribution in [3.63, 3.8) is 0 Å². The van der Waals surface area contributed by atoms with E-state index in [1.54, 1.807) is 18.2 Å². The number of hydrogen-bond acceptors (Lipinski definition) is 4. The second kappa shape index (κ2) is 6.79. The summed E-state index contributed by atoms with van der Waals surface area (Å²) in [5, 5.41) is 0. The van der Waals surface area contributed by atoms with Crippen LogP contribution in [0, 0.1) is 0 Å². The molecule has 0 aliphatic rings. The lowest BCUT2D eigenvalue weighted by Gasteiger charge is -2.24. The second-order valence-electron chi connectivity index (χ2n) is 3.97. The molecule has 0 aromatic heterocycles. The van der Waals surface area contributed by atoms with E-state index >= 15 is 0 Å². The fourth-order valence-corrected chi connectivity index (χ4v) is 1.89. The van der Waals surface area contributed by atoms with Gasteiger partial charge in [0.15, 0.2) is 0 Å². The summed E-state index contributed by atoms with van der Waals surface area (Å²) >= 11 is 0. The molecule has 0 aliphatic carbocycles. The van der Waals surface area contributed by atoms with Crippen molar-refractivity contribution in [2.24, 2.45) is 0 Å². The van der Waals surface area contributed by atoms with Crippen LogP contribution in [-0.4, -0.2) is 32.5 Å². The average Bonchev–Trinajstić information content (AvgIpc) is 2.43. The molecule has 0 spiro atoms. The van der Waals surface area contributed by atoms with Gasteiger partial charge in [0.25, 0.3) is 0 Å². The minimum absolute atomic E-state index is 0.414. The van der Waals surface area contributed by atoms with Gasteiger partial charge in [-0.1, -0.05) is 6.92 Å². The molecule has 0 unspecified atom stereocenters. The van der Waals surface area contributed by atoms with Gasteiger partial charge in [0.1, 0.15) is 6.29 Å². The Morgan fingerprint density at radius 2 is 2.11 bits per heavy atom. The van der Waals surface area contributed by atoms with Gasteiger partial charge in [-0.15, -0.1) is 0 Å². The summed E-state index contributed by atoms with van der Waals surface area (Å²) in [5.74, 6) is -0.414. The molecule has 4 nitrogen and oxygen atoms in total. The lowest BCUT2D eigenvalue weighted by molar-refractivity contribution is 0.0601. The van der Waals surface area contributed by atoms with Gasteiger partial charge in [-0.05, 0) is 31.5 Å². The monoisotopic (exact) mass is 249 g/mol. The van der Waals surface area contributed by atoms with Gasteiger partial charge in [0.2, 0.25) is 0 Å². The Labute approximate surface area is 108 Å². The highest BCUT2D eigenvalue weighted by Gasteiger charge is 2.16. The van der Waals surface area contributed by atoms with Gasteiger partial charge in [-0.25, -0.2) is 4.79 Å². The number of esters is 1. The van der Waals surface area contributed by atoms with Crippen LogP contribution in [0.25, 0.3) is 0 Å². The van der Waals surface area contributed by atoms with Gasteiger partial charge in [-0.3, -0.25) is 4.79 Å². The molecule has 0 heterocycles. The van der Waals surface area contributed by atoms with E-state index in [0.717, 1.165) is 31.5 Å². The first-order valence-corrected chi connectivity index (χ1v) is 6.10. The summed E-state index contributed by atoms with van der Waals surface area (Å²) in [6, 6.07) is 5.09. The highest BCUT2D eigenvalue weighted by molar-refractivity contribution is 5.97. The van der Waals surface area contributed by atoms with E-state index in [4.69, 9.17) is 4.74 Å². The Balaban J connectivity index is 3.23. The van der Waals surface area contributed by atoms with E-state index in [2.05, 4.69) is 11.8 Å². The minimum atomic E-state index is -0.414. The summed E-state index contributed by atoms with van der Waals surface area (Å²) in [6.07, 6.45) is 1.72. The molecule has 0 N–H and O–H groups in total. The van der Waals surface area contributed by atoms with Gasteiger partial charge >= 0.3 is 5.97 Å². The molecule has 0 atom stereocenters. The fourth-order valence-electron chi connectivity index (χ4n) is 1.89. The predicted octanol–water partition coefficient (Wildman–Crippen LogP) is 2.52. The number of ether oxygens (including phenoxy) is 1. The van der Waals surface area contributed by atoms with Crippen molar-refractivity contribution in [3.8, 4) is 0 Å². The molecule has 0 saturated carbocycles. The topological polar surface area (TPSA) is 46.6 Å². The zero-order valence-corrected chi connectivity index (χ0v) is 11.1. The van der Waals surface area contributed by atoms with Crippen LogP contribution in [0.5, 0.6) is 0 Å². The van der Waals surface area contributed by atoms with Crippen LogP contribution >= 0.6 is 0 Å². The molecular weight excluding hydrogens is 230 g/mol. The number of carbonyl (C=O) groups excluding carboxylic acids is 2. The molecule has 4 heteroatoms. The maximum atomic E-state index is 11.8. The maximum absolute atomic E-state index is 11.8. The van der Waals surface area contributed by atoms with Crippen LogP contribution in [0.4, 0.5) is 5.69 Å². The smallest absolute Gasteiger partial charge is 0.339 e. The van der Waals surface area contributed by atoms with E-state index in [1.165, 1.54) is 7.11 Å². The molecule has 0 saturated heterocycles. The first kappa shape index (κ1) is 14.2. The zero-order chi connectivity index (χ0) is 13.5. The molecule has 0 bridgehead atoms. The van der Waals surface area contributed by atoms with Crippen LogP contribution in [0.1, 0.15) is 41.0 Å². The molecule has 1 aromatic carbocycles. The number of benzene rings is 1. The van der Waals surface area contributed by atoms with Crippen molar-refractivity contribution in [2.45, 2.75) is 20.3 Å². The third-order valence-corrected chi connectivity index (χ3v) is 2.78. The quantitative estimate of drug-likeness (QED) is 0.574. The lowest BCUT2D eigenvalue weighted by atomic mass is 10.1. The lowest BCUT2D eigenvalue weighted by Crippen LogP contribution is -2.25. The van der Waals surface area contributed by atoms with E-state index in [9.17, 15) is 9.59 Å². The van der Waals surface area contributed by atoms with Crippen LogP contribution in [-0.2, 0) is 4.74 Å². The molecule has 0 fully saturated rings. The summed E-state index contributed by atoms with van der Waals surface area (Å²) in [5.41, 5.74) is 1.74. The van der Waals surface area contributed by atoms with Crippen LogP contribution < -0.4 is 4.90 Å². The third-order valence-electron chi connectivity index (χ3n) is 2.78. The number of methoxy groups -OCH3 is 1. The SMILES string of the molecule is CCCN(CC)c1ccc(C=O)cc1C(=O)OC. The van der Waals surface area contributed by atoms with Crippen LogP contribution in [0.15, 0.2) is 18.2 Å². The standard InChI is InChI=1S/C14H19NO3/c1-4-8-15(5-2)13-7-6-11(10-16)9-12(13)14(17)18-3/h6-7,9-10H,4-5,8H2,1-3H3. The first-order chi connectivity index (χ1) is 8.67. The van der Waals surface area contributed by atoms with Crippen molar-refractivity contribution >= 4 is 17.9 Å². The van der Waals surface area contributed by atoms with Gasteiger partial charge < -0.3 is 9.64 Å². The van der Waals surface area contributed by atoms with E-state index < -0.39 is 5.97 Å². The van der Waals surface area contributed by atoms with Gasteiger partial charge in [0.05, 0.1) is 18.4 Å². The first-order valence-electron chi connectivity index (χ1n) is 6.10. The molecule has 1 rings (SSSR count). The molecule has 18 heavy (non-hydrogen) atoms. The number of hydrogen-bond donors (Lipinski definition) is 0. The fraction of sp³-hybridized carbons (Fsp3) is 0.429. The highest BCUT2D eigenvalue weighted by atomic mass is 16.5. The van der Waals surface area contributed by atoms with Gasteiger partial charge in [-0.2, -0.15) is 0 Å². The van der Waals surface area contributed by atoms with E-state index in [-0.39, 0.29) is 0 Å². The molecular formula is C14H19NO3. The second-order valence-corrected chi connectivity index (χ2v) is 3.97. The molecule has 1 aromatic rings. The maximum Gasteiger partial charge on any atom is 0.339 e. The predicted molar refractivity (Wildman–Crippen MR) is 71.3 cm³/mol. The Bertz CT molecular complexity index is 429. The highest BCUT2D eigenvalue weighted by Crippen LogP contribution is 2.22. The number of rotatable bonds is 6. The summed E-state index contributed by atoms with van der Waals surface area (Å²) in [4.78, 5) is 24.6. The van der Waals surface area contributed by atoms with Crippen molar-refractivity contribution < 1.29 is 14.3 Å². The minimum Gasteiger partial charge on any atom is -0.465 e. The number of carbonyl (C=O) groups is 2. The Morgan fingerprint density at radius 1 is 1.39 bits per heavy atom. The van der Waals surface area contributed by atoms with Crippen LogP contribution in [0.2, 0.25) is 0 Å². The number of aldehydes is 1. The average molecular weight is 249 g/mol. The third kappa shape index (κ3) is 3.09. The number of anilines is 1. The van der Waals surface area contributed by atoms with Crippen LogP contribution in [0.3, 0.4) is 0 Å². The summed E-state index contributed by atoms with van der Waals surface area (Å²) in [6.45, 7) is 5.78. The normalized spacial score (nSPS) is 9.94. The van der Waals surface area contributed by atoms with Crippen molar-refractivity contribution in [1.82, 2.24) is 0 Å². The molecule has 98 valence electrons. The number of nitrogens with zero attached hydrogens (tertiary/aromatic N) is 1. The Kier molecular flexibility index (Phi) is 5.36. The Hall–Kier alpha value is -1.84. The zero-order valence-electron chi connectivity index (χ0n) is 11.1. The molecule has 0 aliphatic heterocycles. The largest absolute Gasteiger partial charge is 0.465 e. The summed E-state index contributed by atoms with van der Waals surface area (Å²) < 4.78 is 4.77. The van der Waals surface area contributed by atoms with Crippen molar-refractivity contribution in [2.75, 3.05) is 25.1 Å². The van der Waals surface area contributed by atoms with Crippen molar-refractivity contribution in [3.05, 3.63) is 29.3 Å². The Morgan fingerprint density at radius 3 is 2.61 bits per heavy atom. The van der Waals surface area contributed by atoms with E-state index in [1.807, 2.05) is 6.92 Å². The van der Waals surface area contributed by atoms with E-state index in [0.29, 0.717) is 11.1 Å². The van der Waals surface area contributed by atoms with Gasteiger partial charge in [0, 0.05) is 18.7 Å². The summed E-state index contributed by atoms with van der Waals surface area (Å²) in [7, 11) is 1.34.